The molecule has 26 heavy (non-hydrogen) atoms. The Kier molecular flexibility index (Phi) is 5.26. The van der Waals surface area contributed by atoms with Crippen molar-refractivity contribution in [3.05, 3.63) is 71.4 Å². The van der Waals surface area contributed by atoms with Crippen LogP contribution in [0.25, 0.3) is 11.3 Å². The molecule has 0 aliphatic carbocycles. The number of hydrogen-bond donors (Lipinski definition) is 1. The number of nitrogens with zero attached hydrogens (tertiary/aromatic N) is 1. The van der Waals surface area contributed by atoms with Crippen molar-refractivity contribution in [2.24, 2.45) is 0 Å². The molecule has 1 heterocycles. The van der Waals surface area contributed by atoms with E-state index in [0.29, 0.717) is 18.0 Å². The molecule has 0 unspecified atom stereocenters. The number of para-hydroxylation sites is 1. The number of carbonyl (C=O) groups is 1. The maximum absolute atomic E-state index is 13.8. The van der Waals surface area contributed by atoms with Gasteiger partial charge in [0, 0.05) is 24.2 Å². The molecule has 0 saturated carbocycles. The Morgan fingerprint density at radius 3 is 2.77 bits per heavy atom. The summed E-state index contributed by atoms with van der Waals surface area (Å²) in [6, 6.07) is 12.0. The van der Waals surface area contributed by atoms with Crippen molar-refractivity contribution in [1.82, 2.24) is 10.5 Å². The number of halogens is 2. The van der Waals surface area contributed by atoms with Crippen LogP contribution in [0.3, 0.4) is 0 Å². The summed E-state index contributed by atoms with van der Waals surface area (Å²) in [7, 11) is 1.56. The minimum absolute atomic E-state index is 0.0263. The molecule has 0 aliphatic heterocycles. The van der Waals surface area contributed by atoms with Crippen LogP contribution >= 0.6 is 0 Å². The highest BCUT2D eigenvalue weighted by Gasteiger charge is 2.14. The highest BCUT2D eigenvalue weighted by Crippen LogP contribution is 2.24. The van der Waals surface area contributed by atoms with Crippen LogP contribution in [0.15, 0.2) is 53.1 Å². The zero-order valence-electron chi connectivity index (χ0n) is 14.0. The van der Waals surface area contributed by atoms with Crippen LogP contribution < -0.4 is 10.1 Å². The van der Waals surface area contributed by atoms with Crippen LogP contribution in [-0.4, -0.2) is 18.2 Å². The van der Waals surface area contributed by atoms with Crippen LogP contribution in [0.2, 0.25) is 0 Å². The molecule has 3 rings (SSSR count). The number of carbonyl (C=O) groups excluding carboxylic acids is 1. The molecule has 5 nitrogen and oxygen atoms in total. The number of aromatic nitrogens is 1. The molecule has 0 bridgehead atoms. The SMILES string of the molecule is COc1ccccc1CNC(=O)Cc1cc(-c2ccc(F)cc2F)on1. The van der Waals surface area contributed by atoms with E-state index in [0.717, 1.165) is 17.7 Å². The number of methoxy groups -OCH3 is 1. The van der Waals surface area contributed by atoms with Crippen molar-refractivity contribution in [3.63, 3.8) is 0 Å². The molecular formula is C19H16F2N2O3. The third-order valence-corrected chi connectivity index (χ3v) is 3.77. The fourth-order valence-electron chi connectivity index (χ4n) is 2.48. The molecular weight excluding hydrogens is 342 g/mol. The monoisotopic (exact) mass is 358 g/mol. The summed E-state index contributed by atoms with van der Waals surface area (Å²) in [5.41, 5.74) is 1.28. The van der Waals surface area contributed by atoms with Crippen LogP contribution in [0.1, 0.15) is 11.3 Å². The van der Waals surface area contributed by atoms with Gasteiger partial charge in [0.15, 0.2) is 5.76 Å². The first-order chi connectivity index (χ1) is 12.6. The lowest BCUT2D eigenvalue weighted by Gasteiger charge is -2.08. The van der Waals surface area contributed by atoms with Gasteiger partial charge in [0.25, 0.3) is 0 Å². The molecule has 7 heteroatoms. The summed E-state index contributed by atoms with van der Waals surface area (Å²) >= 11 is 0. The lowest BCUT2D eigenvalue weighted by atomic mass is 10.1. The van der Waals surface area contributed by atoms with Crippen molar-refractivity contribution in [3.8, 4) is 17.1 Å². The van der Waals surface area contributed by atoms with Gasteiger partial charge in [-0.3, -0.25) is 4.79 Å². The van der Waals surface area contributed by atoms with Crippen molar-refractivity contribution in [1.29, 1.82) is 0 Å². The molecule has 0 aliphatic rings. The number of nitrogens with one attached hydrogen (secondary N) is 1. The van der Waals surface area contributed by atoms with Gasteiger partial charge in [-0.15, -0.1) is 0 Å². The number of ether oxygens (including phenoxy) is 1. The number of amides is 1. The Morgan fingerprint density at radius 2 is 2.00 bits per heavy atom. The standard InChI is InChI=1S/C19H16F2N2O3/c1-25-17-5-3-2-4-12(17)11-22-19(24)10-14-9-18(26-23-14)15-7-6-13(20)8-16(15)21/h2-9H,10-11H2,1H3,(H,22,24). The second-order valence-electron chi connectivity index (χ2n) is 5.57. The smallest absolute Gasteiger partial charge is 0.226 e. The van der Waals surface area contributed by atoms with Crippen molar-refractivity contribution >= 4 is 5.91 Å². The minimum Gasteiger partial charge on any atom is -0.496 e. The molecule has 1 amide bonds. The summed E-state index contributed by atoms with van der Waals surface area (Å²) in [6.45, 7) is 0.306. The third kappa shape index (κ3) is 4.05. The molecule has 0 atom stereocenters. The predicted octanol–water partition coefficient (Wildman–Crippen LogP) is 3.49. The molecule has 3 aromatic rings. The van der Waals surface area contributed by atoms with Gasteiger partial charge in [0.05, 0.1) is 24.8 Å². The summed E-state index contributed by atoms with van der Waals surface area (Å²) in [4.78, 5) is 12.1. The molecule has 0 saturated heterocycles. The zero-order valence-corrected chi connectivity index (χ0v) is 14.0. The molecule has 0 fully saturated rings. The van der Waals surface area contributed by atoms with Crippen LogP contribution in [0, 0.1) is 11.6 Å². The average Bonchev–Trinajstić information content (AvgIpc) is 3.08. The average molecular weight is 358 g/mol. The van der Waals surface area contributed by atoms with Gasteiger partial charge in [-0.05, 0) is 18.2 Å². The van der Waals surface area contributed by atoms with Crippen molar-refractivity contribution in [2.75, 3.05) is 7.11 Å². The fourth-order valence-corrected chi connectivity index (χ4v) is 2.48. The molecule has 1 N–H and O–H groups in total. The van der Waals surface area contributed by atoms with E-state index in [1.54, 1.807) is 7.11 Å². The van der Waals surface area contributed by atoms with E-state index < -0.39 is 11.6 Å². The molecule has 2 aromatic carbocycles. The Bertz CT molecular complexity index is 925. The zero-order chi connectivity index (χ0) is 18.5. The largest absolute Gasteiger partial charge is 0.496 e. The Balaban J connectivity index is 1.63. The highest BCUT2D eigenvalue weighted by molar-refractivity contribution is 5.78. The number of benzene rings is 2. The van der Waals surface area contributed by atoms with Crippen LogP contribution in [0.4, 0.5) is 8.78 Å². The lowest BCUT2D eigenvalue weighted by Crippen LogP contribution is -2.24. The summed E-state index contributed by atoms with van der Waals surface area (Å²) < 4.78 is 37.0. The first-order valence-corrected chi connectivity index (χ1v) is 7.86. The van der Waals surface area contributed by atoms with E-state index in [1.807, 2.05) is 24.3 Å². The van der Waals surface area contributed by atoms with E-state index in [1.165, 1.54) is 12.1 Å². The predicted molar refractivity (Wildman–Crippen MR) is 90.4 cm³/mol. The molecule has 134 valence electrons. The van der Waals surface area contributed by atoms with E-state index in [2.05, 4.69) is 10.5 Å². The topological polar surface area (TPSA) is 64.4 Å². The maximum Gasteiger partial charge on any atom is 0.226 e. The van der Waals surface area contributed by atoms with E-state index in [4.69, 9.17) is 9.26 Å². The van der Waals surface area contributed by atoms with Crippen LogP contribution in [0.5, 0.6) is 5.75 Å². The lowest BCUT2D eigenvalue weighted by molar-refractivity contribution is -0.120. The quantitative estimate of drug-likeness (QED) is 0.733. The fraction of sp³-hybridized carbons (Fsp3) is 0.158. The first kappa shape index (κ1) is 17.6. The van der Waals surface area contributed by atoms with E-state index in [-0.39, 0.29) is 23.7 Å². The van der Waals surface area contributed by atoms with Crippen LogP contribution in [-0.2, 0) is 17.8 Å². The van der Waals surface area contributed by atoms with Gasteiger partial charge < -0.3 is 14.6 Å². The van der Waals surface area contributed by atoms with Gasteiger partial charge in [0.2, 0.25) is 5.91 Å². The Labute approximate surface area is 148 Å². The highest BCUT2D eigenvalue weighted by atomic mass is 19.1. The van der Waals surface area contributed by atoms with Gasteiger partial charge in [-0.2, -0.15) is 0 Å². The Morgan fingerprint density at radius 1 is 1.19 bits per heavy atom. The van der Waals surface area contributed by atoms with Gasteiger partial charge in [0.1, 0.15) is 17.4 Å². The molecule has 0 radical (unpaired) electrons. The van der Waals surface area contributed by atoms with Gasteiger partial charge >= 0.3 is 0 Å². The van der Waals surface area contributed by atoms with Crippen molar-refractivity contribution in [2.45, 2.75) is 13.0 Å². The number of rotatable bonds is 6. The maximum atomic E-state index is 13.8. The second-order valence-corrected chi connectivity index (χ2v) is 5.57. The molecule has 0 spiro atoms. The normalized spacial score (nSPS) is 10.6. The number of hydrogen-bond acceptors (Lipinski definition) is 4. The Hall–Kier alpha value is -3.22. The van der Waals surface area contributed by atoms with Gasteiger partial charge in [-0.25, -0.2) is 8.78 Å². The van der Waals surface area contributed by atoms with E-state index in [9.17, 15) is 13.6 Å². The summed E-state index contributed by atoms with van der Waals surface area (Å²) in [6.07, 6.45) is -0.0263. The summed E-state index contributed by atoms with van der Waals surface area (Å²) in [5, 5.41) is 6.53. The summed E-state index contributed by atoms with van der Waals surface area (Å²) in [5.74, 6) is -0.885. The van der Waals surface area contributed by atoms with Crippen molar-refractivity contribution < 1.29 is 22.8 Å². The minimum atomic E-state index is -0.756. The first-order valence-electron chi connectivity index (χ1n) is 7.86. The molecule has 1 aromatic heterocycles. The van der Waals surface area contributed by atoms with E-state index >= 15 is 0 Å². The van der Waals surface area contributed by atoms with Gasteiger partial charge in [-0.1, -0.05) is 23.4 Å². The second kappa shape index (κ2) is 7.77. The third-order valence-electron chi connectivity index (χ3n) is 3.77.